The van der Waals surface area contributed by atoms with Crippen LogP contribution in [0.15, 0.2) is 24.3 Å². The van der Waals surface area contributed by atoms with Crippen molar-refractivity contribution in [2.24, 2.45) is 0 Å². The summed E-state index contributed by atoms with van der Waals surface area (Å²) in [6.07, 6.45) is 0. The third kappa shape index (κ3) is 2.96. The zero-order chi connectivity index (χ0) is 12.3. The topological polar surface area (TPSA) is 26.7 Å². The summed E-state index contributed by atoms with van der Waals surface area (Å²) in [5, 5.41) is 9.10. The van der Waals surface area contributed by atoms with E-state index in [2.05, 4.69) is 9.80 Å². The number of aliphatic hydroxyl groups excluding tert-OH is 1. The zero-order valence-electron chi connectivity index (χ0n) is 10.1. The Morgan fingerprint density at radius 1 is 1.18 bits per heavy atom. The van der Waals surface area contributed by atoms with Crippen LogP contribution in [0.5, 0.6) is 0 Å². The fraction of sp³-hybridized carbons (Fsp3) is 0.538. The molecule has 17 heavy (non-hydrogen) atoms. The van der Waals surface area contributed by atoms with Crippen molar-refractivity contribution in [3.8, 4) is 0 Å². The molecule has 1 aromatic carbocycles. The maximum atomic E-state index is 12.8. The number of anilines is 1. The van der Waals surface area contributed by atoms with Gasteiger partial charge in [-0.2, -0.15) is 0 Å². The molecule has 0 saturated carbocycles. The van der Waals surface area contributed by atoms with E-state index in [4.69, 9.17) is 5.11 Å². The molecule has 1 aliphatic heterocycles. The standard InChI is InChI=1S/C13H19FN2O/c1-11(10-17)15-6-8-16(9-7-15)13-4-2-12(14)3-5-13/h2-5,11,17H,6-10H2,1H3. The van der Waals surface area contributed by atoms with Gasteiger partial charge in [0.2, 0.25) is 0 Å². The zero-order valence-corrected chi connectivity index (χ0v) is 10.1. The Morgan fingerprint density at radius 3 is 2.29 bits per heavy atom. The van der Waals surface area contributed by atoms with Crippen LogP contribution in [0.25, 0.3) is 0 Å². The molecule has 3 nitrogen and oxygen atoms in total. The van der Waals surface area contributed by atoms with Crippen LogP contribution in [0.4, 0.5) is 10.1 Å². The molecule has 4 heteroatoms. The normalized spacial score (nSPS) is 19.4. The summed E-state index contributed by atoms with van der Waals surface area (Å²) in [4.78, 5) is 4.53. The Labute approximate surface area is 101 Å². The Balaban J connectivity index is 1.93. The first kappa shape index (κ1) is 12.3. The van der Waals surface area contributed by atoms with Crippen molar-refractivity contribution in [2.75, 3.05) is 37.7 Å². The Kier molecular flexibility index (Phi) is 3.97. The summed E-state index contributed by atoms with van der Waals surface area (Å²) in [7, 11) is 0. The largest absolute Gasteiger partial charge is 0.395 e. The van der Waals surface area contributed by atoms with Crippen LogP contribution in [0.2, 0.25) is 0 Å². The second-order valence-corrected chi connectivity index (χ2v) is 4.53. The summed E-state index contributed by atoms with van der Waals surface area (Å²) in [5.41, 5.74) is 1.07. The minimum atomic E-state index is -0.193. The highest BCUT2D eigenvalue weighted by Crippen LogP contribution is 2.17. The van der Waals surface area contributed by atoms with Crippen LogP contribution in [-0.2, 0) is 0 Å². The van der Waals surface area contributed by atoms with Crippen LogP contribution in [0.3, 0.4) is 0 Å². The van der Waals surface area contributed by atoms with Crippen LogP contribution in [-0.4, -0.2) is 48.8 Å². The van der Waals surface area contributed by atoms with Crippen LogP contribution >= 0.6 is 0 Å². The molecule has 1 aliphatic rings. The molecule has 0 bridgehead atoms. The van der Waals surface area contributed by atoms with Gasteiger partial charge in [0.25, 0.3) is 0 Å². The number of piperazine rings is 1. The number of halogens is 1. The van der Waals surface area contributed by atoms with Crippen LogP contribution in [0.1, 0.15) is 6.92 Å². The summed E-state index contributed by atoms with van der Waals surface area (Å²) in [6.45, 7) is 5.98. The monoisotopic (exact) mass is 238 g/mol. The maximum absolute atomic E-state index is 12.8. The van der Waals surface area contributed by atoms with E-state index in [-0.39, 0.29) is 18.5 Å². The second-order valence-electron chi connectivity index (χ2n) is 4.53. The molecule has 1 heterocycles. The SMILES string of the molecule is CC(CO)N1CCN(c2ccc(F)cc2)CC1. The third-order valence-electron chi connectivity index (χ3n) is 3.39. The van der Waals surface area contributed by atoms with E-state index in [9.17, 15) is 4.39 Å². The number of aliphatic hydroxyl groups is 1. The van der Waals surface area contributed by atoms with Gasteiger partial charge >= 0.3 is 0 Å². The molecule has 1 unspecified atom stereocenters. The van der Waals surface area contributed by atoms with E-state index in [0.717, 1.165) is 31.9 Å². The average molecular weight is 238 g/mol. The molecule has 1 atom stereocenters. The molecular formula is C13H19FN2O. The van der Waals surface area contributed by atoms with Gasteiger partial charge in [0.1, 0.15) is 5.82 Å². The molecule has 1 saturated heterocycles. The van der Waals surface area contributed by atoms with E-state index in [0.29, 0.717) is 0 Å². The fourth-order valence-corrected chi connectivity index (χ4v) is 2.19. The summed E-state index contributed by atoms with van der Waals surface area (Å²) in [6, 6.07) is 6.86. The van der Waals surface area contributed by atoms with Crippen molar-refractivity contribution in [3.63, 3.8) is 0 Å². The lowest BCUT2D eigenvalue weighted by molar-refractivity contribution is 0.128. The van der Waals surface area contributed by atoms with Gasteiger partial charge < -0.3 is 10.0 Å². The van der Waals surface area contributed by atoms with Crippen molar-refractivity contribution < 1.29 is 9.50 Å². The van der Waals surface area contributed by atoms with Gasteiger partial charge in [-0.05, 0) is 31.2 Å². The lowest BCUT2D eigenvalue weighted by Crippen LogP contribution is -2.50. The van der Waals surface area contributed by atoms with E-state index in [1.807, 2.05) is 19.1 Å². The van der Waals surface area contributed by atoms with Crippen molar-refractivity contribution in [1.82, 2.24) is 4.90 Å². The molecule has 2 rings (SSSR count). The molecule has 0 radical (unpaired) electrons. The third-order valence-corrected chi connectivity index (χ3v) is 3.39. The quantitative estimate of drug-likeness (QED) is 0.860. The first-order valence-electron chi connectivity index (χ1n) is 6.06. The van der Waals surface area contributed by atoms with E-state index < -0.39 is 0 Å². The molecule has 0 amide bonds. The van der Waals surface area contributed by atoms with Gasteiger partial charge in [0, 0.05) is 37.9 Å². The van der Waals surface area contributed by atoms with E-state index in [1.165, 1.54) is 12.1 Å². The highest BCUT2D eigenvalue weighted by molar-refractivity contribution is 5.46. The predicted molar refractivity (Wildman–Crippen MR) is 66.7 cm³/mol. The molecule has 0 aliphatic carbocycles. The van der Waals surface area contributed by atoms with Gasteiger partial charge in [-0.15, -0.1) is 0 Å². The number of benzene rings is 1. The molecule has 1 N–H and O–H groups in total. The van der Waals surface area contributed by atoms with E-state index >= 15 is 0 Å². The van der Waals surface area contributed by atoms with Gasteiger partial charge in [0.05, 0.1) is 6.61 Å². The molecule has 0 aromatic heterocycles. The first-order chi connectivity index (χ1) is 8.20. The lowest BCUT2D eigenvalue weighted by atomic mass is 10.2. The number of hydrogen-bond acceptors (Lipinski definition) is 3. The number of rotatable bonds is 3. The predicted octanol–water partition coefficient (Wildman–Crippen LogP) is 1.33. The van der Waals surface area contributed by atoms with Gasteiger partial charge in [-0.25, -0.2) is 4.39 Å². The van der Waals surface area contributed by atoms with Gasteiger partial charge in [-0.1, -0.05) is 0 Å². The minimum Gasteiger partial charge on any atom is -0.395 e. The molecular weight excluding hydrogens is 219 g/mol. The smallest absolute Gasteiger partial charge is 0.123 e. The van der Waals surface area contributed by atoms with Gasteiger partial charge in [0.15, 0.2) is 0 Å². The fourth-order valence-electron chi connectivity index (χ4n) is 2.19. The number of hydrogen-bond donors (Lipinski definition) is 1. The van der Waals surface area contributed by atoms with Crippen molar-refractivity contribution in [1.29, 1.82) is 0 Å². The Bertz CT molecular complexity index is 347. The molecule has 1 fully saturated rings. The Hall–Kier alpha value is -1.13. The average Bonchev–Trinajstić information content (AvgIpc) is 2.39. The molecule has 0 spiro atoms. The van der Waals surface area contributed by atoms with Crippen LogP contribution < -0.4 is 4.90 Å². The highest BCUT2D eigenvalue weighted by Gasteiger charge is 2.20. The molecule has 1 aromatic rings. The first-order valence-corrected chi connectivity index (χ1v) is 6.06. The van der Waals surface area contributed by atoms with Crippen molar-refractivity contribution in [3.05, 3.63) is 30.1 Å². The summed E-state index contributed by atoms with van der Waals surface area (Å²) in [5.74, 6) is -0.193. The highest BCUT2D eigenvalue weighted by atomic mass is 19.1. The maximum Gasteiger partial charge on any atom is 0.123 e. The Morgan fingerprint density at radius 2 is 1.76 bits per heavy atom. The van der Waals surface area contributed by atoms with Crippen LogP contribution in [0, 0.1) is 5.82 Å². The second kappa shape index (κ2) is 5.47. The lowest BCUT2D eigenvalue weighted by Gasteiger charge is -2.38. The van der Waals surface area contributed by atoms with Crippen molar-refractivity contribution >= 4 is 5.69 Å². The summed E-state index contributed by atoms with van der Waals surface area (Å²) < 4.78 is 12.8. The number of nitrogens with zero attached hydrogens (tertiary/aromatic N) is 2. The molecule has 94 valence electrons. The van der Waals surface area contributed by atoms with Gasteiger partial charge in [-0.3, -0.25) is 4.90 Å². The van der Waals surface area contributed by atoms with Crippen molar-refractivity contribution in [2.45, 2.75) is 13.0 Å². The summed E-state index contributed by atoms with van der Waals surface area (Å²) >= 11 is 0. The van der Waals surface area contributed by atoms with E-state index in [1.54, 1.807) is 0 Å². The minimum absolute atomic E-state index is 0.193.